The zero-order valence-corrected chi connectivity index (χ0v) is 10.6. The number of likely N-dealkylation sites (N-methyl/N-ethyl adjacent to an activating group) is 1. The summed E-state index contributed by atoms with van der Waals surface area (Å²) in [7, 11) is 1.82. The minimum Gasteiger partial charge on any atom is -0.335 e. The lowest BCUT2D eigenvalue weighted by Crippen LogP contribution is -2.27. The number of rotatable bonds is 4. The third kappa shape index (κ3) is 3.91. The number of allylic oxidation sites excluding steroid dienone is 3. The molecule has 0 spiro atoms. The lowest BCUT2D eigenvalue weighted by molar-refractivity contribution is -0.126. The van der Waals surface area contributed by atoms with Crippen LogP contribution in [0.4, 0.5) is 0 Å². The molecule has 0 aliphatic heterocycles. The van der Waals surface area contributed by atoms with Gasteiger partial charge in [0.05, 0.1) is 6.04 Å². The number of hydrogen-bond acceptors (Lipinski definition) is 1. The molecule has 0 fully saturated rings. The van der Waals surface area contributed by atoms with Crippen LogP contribution in [0.1, 0.15) is 25.5 Å². The summed E-state index contributed by atoms with van der Waals surface area (Å²) in [6, 6.07) is 10.1. The number of carbonyl (C=O) groups is 1. The molecular formula is C15H19NO. The Balaban J connectivity index is 2.70. The Bertz CT molecular complexity index is 406. The molecule has 0 heterocycles. The first-order valence-corrected chi connectivity index (χ1v) is 5.78. The molecule has 1 rings (SSSR count). The third-order valence-corrected chi connectivity index (χ3v) is 2.75. The molecule has 0 bridgehead atoms. The minimum atomic E-state index is 0.0134. The van der Waals surface area contributed by atoms with Crippen LogP contribution in [0.2, 0.25) is 0 Å². The Morgan fingerprint density at radius 3 is 2.47 bits per heavy atom. The van der Waals surface area contributed by atoms with Gasteiger partial charge in [-0.1, -0.05) is 48.6 Å². The van der Waals surface area contributed by atoms with Crippen molar-refractivity contribution in [1.29, 1.82) is 0 Å². The fourth-order valence-electron chi connectivity index (χ4n) is 1.51. The summed E-state index contributed by atoms with van der Waals surface area (Å²) in [4.78, 5) is 13.6. The van der Waals surface area contributed by atoms with E-state index in [0.717, 1.165) is 5.56 Å². The van der Waals surface area contributed by atoms with Gasteiger partial charge in [-0.3, -0.25) is 4.79 Å². The molecule has 0 aliphatic carbocycles. The van der Waals surface area contributed by atoms with Crippen LogP contribution in [0.5, 0.6) is 0 Å². The van der Waals surface area contributed by atoms with E-state index in [9.17, 15) is 4.79 Å². The first-order valence-electron chi connectivity index (χ1n) is 5.78. The van der Waals surface area contributed by atoms with Gasteiger partial charge in [-0.25, -0.2) is 0 Å². The predicted octanol–water partition coefficient (Wildman–Crippen LogP) is 3.34. The van der Waals surface area contributed by atoms with Gasteiger partial charge in [-0.15, -0.1) is 0 Å². The zero-order valence-electron chi connectivity index (χ0n) is 10.6. The Labute approximate surface area is 103 Å². The van der Waals surface area contributed by atoms with E-state index in [1.165, 1.54) is 0 Å². The highest BCUT2D eigenvalue weighted by atomic mass is 16.2. The second-order valence-electron chi connectivity index (χ2n) is 3.92. The molecular weight excluding hydrogens is 210 g/mol. The number of nitrogens with zero attached hydrogens (tertiary/aromatic N) is 1. The van der Waals surface area contributed by atoms with Gasteiger partial charge in [-0.05, 0) is 19.4 Å². The summed E-state index contributed by atoms with van der Waals surface area (Å²) < 4.78 is 0. The van der Waals surface area contributed by atoms with E-state index in [-0.39, 0.29) is 11.9 Å². The van der Waals surface area contributed by atoms with Gasteiger partial charge in [0, 0.05) is 13.1 Å². The fourth-order valence-corrected chi connectivity index (χ4v) is 1.51. The van der Waals surface area contributed by atoms with Crippen molar-refractivity contribution in [2.75, 3.05) is 7.05 Å². The average molecular weight is 229 g/mol. The van der Waals surface area contributed by atoms with Gasteiger partial charge in [0.25, 0.3) is 0 Å². The van der Waals surface area contributed by atoms with Crippen LogP contribution >= 0.6 is 0 Å². The standard InChI is InChI=1S/C15H19NO/c1-4-5-7-12-15(17)16(3)13(2)14-10-8-6-9-11-14/h4-13H,1-3H3/b5-4+,12-7+. The Hall–Kier alpha value is -1.83. The molecule has 1 aromatic carbocycles. The molecule has 2 heteroatoms. The van der Waals surface area contributed by atoms with Crippen LogP contribution in [-0.4, -0.2) is 17.9 Å². The van der Waals surface area contributed by atoms with Crippen molar-refractivity contribution < 1.29 is 4.79 Å². The van der Waals surface area contributed by atoms with Crippen molar-refractivity contribution in [2.24, 2.45) is 0 Å². The maximum atomic E-state index is 11.8. The Kier molecular flexibility index (Phi) is 5.21. The summed E-state index contributed by atoms with van der Waals surface area (Å²) in [5, 5.41) is 0. The molecule has 1 unspecified atom stereocenters. The average Bonchev–Trinajstić information content (AvgIpc) is 2.38. The lowest BCUT2D eigenvalue weighted by Gasteiger charge is -2.24. The fraction of sp³-hybridized carbons (Fsp3) is 0.267. The van der Waals surface area contributed by atoms with Gasteiger partial charge in [0.1, 0.15) is 0 Å². The first-order chi connectivity index (χ1) is 8.16. The summed E-state index contributed by atoms with van der Waals surface area (Å²) in [5.41, 5.74) is 1.14. The summed E-state index contributed by atoms with van der Waals surface area (Å²) in [6.07, 6.45) is 7.08. The predicted molar refractivity (Wildman–Crippen MR) is 71.6 cm³/mol. The van der Waals surface area contributed by atoms with E-state index in [1.807, 2.05) is 63.4 Å². The van der Waals surface area contributed by atoms with E-state index < -0.39 is 0 Å². The molecule has 0 N–H and O–H groups in total. The molecule has 1 atom stereocenters. The number of carbonyl (C=O) groups excluding carboxylic acids is 1. The van der Waals surface area contributed by atoms with Gasteiger partial charge in [0.15, 0.2) is 0 Å². The van der Waals surface area contributed by atoms with Crippen molar-refractivity contribution in [3.63, 3.8) is 0 Å². The van der Waals surface area contributed by atoms with Crippen molar-refractivity contribution in [1.82, 2.24) is 4.90 Å². The minimum absolute atomic E-state index is 0.0134. The van der Waals surface area contributed by atoms with E-state index in [1.54, 1.807) is 17.1 Å². The highest BCUT2D eigenvalue weighted by Crippen LogP contribution is 2.18. The molecule has 0 saturated heterocycles. The molecule has 1 aromatic rings. The van der Waals surface area contributed by atoms with E-state index >= 15 is 0 Å². The van der Waals surface area contributed by atoms with Crippen molar-refractivity contribution >= 4 is 5.91 Å². The van der Waals surface area contributed by atoms with Crippen molar-refractivity contribution in [3.8, 4) is 0 Å². The number of hydrogen-bond donors (Lipinski definition) is 0. The smallest absolute Gasteiger partial charge is 0.246 e. The van der Waals surface area contributed by atoms with Crippen LogP contribution in [-0.2, 0) is 4.79 Å². The molecule has 0 saturated carbocycles. The van der Waals surface area contributed by atoms with Gasteiger partial charge < -0.3 is 4.90 Å². The normalized spacial score (nSPS) is 13.1. The van der Waals surface area contributed by atoms with Crippen LogP contribution in [0.25, 0.3) is 0 Å². The maximum Gasteiger partial charge on any atom is 0.246 e. The summed E-state index contributed by atoms with van der Waals surface area (Å²) >= 11 is 0. The SMILES string of the molecule is C/C=C/C=C/C(=O)N(C)C(C)c1ccccc1. The monoisotopic (exact) mass is 229 g/mol. The van der Waals surface area contributed by atoms with Crippen LogP contribution < -0.4 is 0 Å². The van der Waals surface area contributed by atoms with Crippen LogP contribution in [0.15, 0.2) is 54.6 Å². The molecule has 2 nitrogen and oxygen atoms in total. The second kappa shape index (κ2) is 6.69. The van der Waals surface area contributed by atoms with Gasteiger partial charge in [-0.2, -0.15) is 0 Å². The Morgan fingerprint density at radius 2 is 1.88 bits per heavy atom. The number of amides is 1. The lowest BCUT2D eigenvalue weighted by atomic mass is 10.1. The third-order valence-electron chi connectivity index (χ3n) is 2.75. The molecule has 17 heavy (non-hydrogen) atoms. The quantitative estimate of drug-likeness (QED) is 0.573. The largest absolute Gasteiger partial charge is 0.335 e. The molecule has 0 aliphatic rings. The topological polar surface area (TPSA) is 20.3 Å². The summed E-state index contributed by atoms with van der Waals surface area (Å²) in [5.74, 6) is 0.0134. The van der Waals surface area contributed by atoms with Crippen molar-refractivity contribution in [3.05, 3.63) is 60.2 Å². The van der Waals surface area contributed by atoms with Gasteiger partial charge in [0.2, 0.25) is 5.91 Å². The van der Waals surface area contributed by atoms with E-state index in [2.05, 4.69) is 0 Å². The molecule has 1 amide bonds. The van der Waals surface area contributed by atoms with Gasteiger partial charge >= 0.3 is 0 Å². The maximum absolute atomic E-state index is 11.8. The second-order valence-corrected chi connectivity index (χ2v) is 3.92. The van der Waals surface area contributed by atoms with E-state index in [0.29, 0.717) is 0 Å². The number of benzene rings is 1. The molecule has 90 valence electrons. The van der Waals surface area contributed by atoms with Crippen molar-refractivity contribution in [2.45, 2.75) is 19.9 Å². The highest BCUT2D eigenvalue weighted by Gasteiger charge is 2.14. The zero-order chi connectivity index (χ0) is 12.7. The van der Waals surface area contributed by atoms with Crippen LogP contribution in [0.3, 0.4) is 0 Å². The molecule has 0 aromatic heterocycles. The summed E-state index contributed by atoms with van der Waals surface area (Å²) in [6.45, 7) is 3.95. The molecule has 0 radical (unpaired) electrons. The van der Waals surface area contributed by atoms with E-state index in [4.69, 9.17) is 0 Å². The highest BCUT2D eigenvalue weighted by molar-refractivity contribution is 5.87. The first kappa shape index (κ1) is 13.2. The Morgan fingerprint density at radius 1 is 1.24 bits per heavy atom. The van der Waals surface area contributed by atoms with Crippen LogP contribution in [0, 0.1) is 0 Å².